The smallest absolute Gasteiger partial charge is 0.161 e. The Morgan fingerprint density at radius 3 is 2.44 bits per heavy atom. The first-order valence-corrected chi connectivity index (χ1v) is 6.25. The maximum Gasteiger partial charge on any atom is 0.161 e. The fourth-order valence-electron chi connectivity index (χ4n) is 2.42. The summed E-state index contributed by atoms with van der Waals surface area (Å²) in [4.78, 5) is 0. The fourth-order valence-corrected chi connectivity index (χ4v) is 2.42. The van der Waals surface area contributed by atoms with Crippen LogP contribution in [-0.2, 0) is 5.60 Å². The zero-order valence-corrected chi connectivity index (χ0v) is 11.2. The van der Waals surface area contributed by atoms with E-state index in [1.54, 1.807) is 14.2 Å². The Bertz CT molecular complexity index is 418. The molecule has 0 bridgehead atoms. The normalized spacial score (nSPS) is 18.2. The minimum Gasteiger partial charge on any atom is -0.493 e. The third-order valence-corrected chi connectivity index (χ3v) is 3.58. The highest BCUT2D eigenvalue weighted by Gasteiger charge is 2.44. The number of likely N-dealkylation sites (N-methyl/N-ethyl adjacent to an activating group) is 1. The standard InChI is InChI=1S/C14H21NO3/c1-15-9-14(16,10-4-5-10)11-6-7-12(17-2)13(8-11)18-3/h6-8,10,15-16H,4-5,9H2,1-3H3. The van der Waals surface area contributed by atoms with Gasteiger partial charge in [0, 0.05) is 6.54 Å². The third kappa shape index (κ3) is 2.31. The molecule has 0 radical (unpaired) electrons. The zero-order chi connectivity index (χ0) is 13.2. The summed E-state index contributed by atoms with van der Waals surface area (Å²) in [6.45, 7) is 0.549. The molecule has 2 N–H and O–H groups in total. The summed E-state index contributed by atoms with van der Waals surface area (Å²) in [6.07, 6.45) is 2.15. The van der Waals surface area contributed by atoms with E-state index < -0.39 is 5.60 Å². The van der Waals surface area contributed by atoms with E-state index in [9.17, 15) is 5.11 Å². The van der Waals surface area contributed by atoms with Gasteiger partial charge in [-0.1, -0.05) is 6.07 Å². The summed E-state index contributed by atoms with van der Waals surface area (Å²) in [7, 11) is 5.07. The molecule has 1 aliphatic carbocycles. The molecule has 0 aromatic heterocycles. The van der Waals surface area contributed by atoms with E-state index in [1.165, 1.54) is 0 Å². The average molecular weight is 251 g/mol. The lowest BCUT2D eigenvalue weighted by Crippen LogP contribution is -2.38. The quantitative estimate of drug-likeness (QED) is 0.805. The van der Waals surface area contributed by atoms with Crippen molar-refractivity contribution in [2.75, 3.05) is 27.8 Å². The second-order valence-electron chi connectivity index (χ2n) is 4.80. The lowest BCUT2D eigenvalue weighted by atomic mass is 9.88. The molecule has 1 atom stereocenters. The fraction of sp³-hybridized carbons (Fsp3) is 0.571. The first kappa shape index (κ1) is 13.2. The van der Waals surface area contributed by atoms with Crippen LogP contribution >= 0.6 is 0 Å². The molecule has 100 valence electrons. The number of rotatable bonds is 6. The van der Waals surface area contributed by atoms with Crippen molar-refractivity contribution < 1.29 is 14.6 Å². The molecule has 0 aliphatic heterocycles. The molecular formula is C14H21NO3. The first-order valence-electron chi connectivity index (χ1n) is 6.25. The minimum atomic E-state index is -0.811. The summed E-state index contributed by atoms with van der Waals surface area (Å²) in [5, 5.41) is 13.9. The summed E-state index contributed by atoms with van der Waals surface area (Å²) in [5.74, 6) is 1.68. The lowest BCUT2D eigenvalue weighted by Gasteiger charge is -2.29. The molecule has 0 saturated heterocycles. The average Bonchev–Trinajstić information content (AvgIpc) is 3.22. The molecule has 2 rings (SSSR count). The summed E-state index contributed by atoms with van der Waals surface area (Å²) < 4.78 is 10.5. The number of nitrogens with one attached hydrogen (secondary N) is 1. The Labute approximate surface area is 108 Å². The Kier molecular flexibility index (Phi) is 3.78. The van der Waals surface area contributed by atoms with Crippen LogP contribution in [-0.4, -0.2) is 32.9 Å². The number of ether oxygens (including phenoxy) is 2. The van der Waals surface area contributed by atoms with Gasteiger partial charge in [-0.25, -0.2) is 0 Å². The summed E-state index contributed by atoms with van der Waals surface area (Å²) >= 11 is 0. The van der Waals surface area contributed by atoms with Crippen molar-refractivity contribution in [3.05, 3.63) is 23.8 Å². The summed E-state index contributed by atoms with van der Waals surface area (Å²) in [6, 6.07) is 5.63. The van der Waals surface area contributed by atoms with Crippen molar-refractivity contribution in [3.8, 4) is 11.5 Å². The van der Waals surface area contributed by atoms with Crippen LogP contribution in [0, 0.1) is 5.92 Å². The highest BCUT2D eigenvalue weighted by molar-refractivity contribution is 5.45. The minimum absolute atomic E-state index is 0.336. The highest BCUT2D eigenvalue weighted by atomic mass is 16.5. The predicted octanol–water partition coefficient (Wildman–Crippen LogP) is 1.52. The van der Waals surface area contributed by atoms with Gasteiger partial charge in [0.1, 0.15) is 5.60 Å². The van der Waals surface area contributed by atoms with E-state index in [0.717, 1.165) is 18.4 Å². The second-order valence-corrected chi connectivity index (χ2v) is 4.80. The predicted molar refractivity (Wildman–Crippen MR) is 70.1 cm³/mol. The maximum atomic E-state index is 10.8. The van der Waals surface area contributed by atoms with Crippen molar-refractivity contribution in [2.45, 2.75) is 18.4 Å². The van der Waals surface area contributed by atoms with Crippen molar-refractivity contribution in [2.24, 2.45) is 5.92 Å². The molecule has 1 aliphatic rings. The molecule has 0 heterocycles. The van der Waals surface area contributed by atoms with Crippen LogP contribution in [0.2, 0.25) is 0 Å². The van der Waals surface area contributed by atoms with Gasteiger partial charge >= 0.3 is 0 Å². The van der Waals surface area contributed by atoms with Crippen molar-refractivity contribution >= 4 is 0 Å². The van der Waals surface area contributed by atoms with Gasteiger partial charge in [0.25, 0.3) is 0 Å². The Morgan fingerprint density at radius 2 is 1.94 bits per heavy atom. The van der Waals surface area contributed by atoms with Gasteiger partial charge in [0.2, 0.25) is 0 Å². The zero-order valence-electron chi connectivity index (χ0n) is 11.2. The van der Waals surface area contributed by atoms with Crippen LogP contribution in [0.15, 0.2) is 18.2 Å². The van der Waals surface area contributed by atoms with Crippen molar-refractivity contribution in [3.63, 3.8) is 0 Å². The highest BCUT2D eigenvalue weighted by Crippen LogP contribution is 2.46. The topological polar surface area (TPSA) is 50.7 Å². The van der Waals surface area contributed by atoms with Gasteiger partial charge < -0.3 is 19.9 Å². The van der Waals surface area contributed by atoms with E-state index in [4.69, 9.17) is 9.47 Å². The van der Waals surface area contributed by atoms with Gasteiger partial charge in [0.15, 0.2) is 11.5 Å². The van der Waals surface area contributed by atoms with E-state index in [-0.39, 0.29) is 0 Å². The number of methoxy groups -OCH3 is 2. The molecule has 1 saturated carbocycles. The van der Waals surface area contributed by atoms with Gasteiger partial charge in [0.05, 0.1) is 14.2 Å². The van der Waals surface area contributed by atoms with Crippen LogP contribution in [0.25, 0.3) is 0 Å². The number of hydrogen-bond donors (Lipinski definition) is 2. The van der Waals surface area contributed by atoms with Crippen molar-refractivity contribution in [1.82, 2.24) is 5.32 Å². The number of aliphatic hydroxyl groups is 1. The number of hydrogen-bond acceptors (Lipinski definition) is 4. The van der Waals surface area contributed by atoms with Crippen LogP contribution in [0.5, 0.6) is 11.5 Å². The molecule has 4 heteroatoms. The molecule has 1 unspecified atom stereocenters. The molecule has 1 fully saturated rings. The van der Waals surface area contributed by atoms with Crippen molar-refractivity contribution in [1.29, 1.82) is 0 Å². The number of benzene rings is 1. The van der Waals surface area contributed by atoms with Crippen LogP contribution in [0.1, 0.15) is 18.4 Å². The Hall–Kier alpha value is -1.26. The van der Waals surface area contributed by atoms with Gasteiger partial charge in [-0.15, -0.1) is 0 Å². The van der Waals surface area contributed by atoms with Gasteiger partial charge in [-0.3, -0.25) is 0 Å². The van der Waals surface area contributed by atoms with E-state index in [2.05, 4.69) is 5.32 Å². The Morgan fingerprint density at radius 1 is 1.28 bits per heavy atom. The SMILES string of the molecule is CNCC(O)(c1ccc(OC)c(OC)c1)C1CC1. The molecule has 0 spiro atoms. The van der Waals surface area contributed by atoms with E-state index >= 15 is 0 Å². The maximum absolute atomic E-state index is 10.8. The van der Waals surface area contributed by atoms with Crippen LogP contribution < -0.4 is 14.8 Å². The second kappa shape index (κ2) is 5.16. The van der Waals surface area contributed by atoms with E-state index in [0.29, 0.717) is 24.0 Å². The molecule has 1 aromatic rings. The van der Waals surface area contributed by atoms with E-state index in [1.807, 2.05) is 25.2 Å². The van der Waals surface area contributed by atoms with Gasteiger partial charge in [-0.05, 0) is 43.5 Å². The summed E-state index contributed by atoms with van der Waals surface area (Å²) in [5.41, 5.74) is 0.0749. The molecule has 4 nitrogen and oxygen atoms in total. The van der Waals surface area contributed by atoms with Gasteiger partial charge in [-0.2, -0.15) is 0 Å². The monoisotopic (exact) mass is 251 g/mol. The van der Waals surface area contributed by atoms with Crippen LogP contribution in [0.3, 0.4) is 0 Å². The lowest BCUT2D eigenvalue weighted by molar-refractivity contribution is 0.0151. The molecule has 0 amide bonds. The Balaban J connectivity index is 2.36. The molecular weight excluding hydrogens is 230 g/mol. The largest absolute Gasteiger partial charge is 0.493 e. The first-order chi connectivity index (χ1) is 8.65. The molecule has 1 aromatic carbocycles. The molecule has 18 heavy (non-hydrogen) atoms. The third-order valence-electron chi connectivity index (χ3n) is 3.58. The van der Waals surface area contributed by atoms with Crippen LogP contribution in [0.4, 0.5) is 0 Å².